The zero-order valence-corrected chi connectivity index (χ0v) is 14.6. The number of carbonyl (C=O) groups is 1. The number of halogens is 4. The number of pyridine rings is 1. The van der Waals surface area contributed by atoms with Gasteiger partial charge in [0.15, 0.2) is 0 Å². The SMILES string of the molecule is Cc1cc(-n2cc(-c3cc(F)cc(CN)c3)cn2)ccn1.O=C(O)C(F)(F)F. The first-order chi connectivity index (χ1) is 13.1. The molecule has 0 saturated carbocycles. The quantitative estimate of drug-likeness (QED) is 0.661. The lowest BCUT2D eigenvalue weighted by Crippen LogP contribution is -2.21. The first-order valence-corrected chi connectivity index (χ1v) is 7.88. The average Bonchev–Trinajstić information content (AvgIpc) is 3.11. The van der Waals surface area contributed by atoms with Gasteiger partial charge in [-0.3, -0.25) is 4.98 Å². The molecule has 148 valence electrons. The molecule has 0 aliphatic rings. The van der Waals surface area contributed by atoms with Crippen molar-refractivity contribution in [1.82, 2.24) is 14.8 Å². The molecule has 0 fully saturated rings. The number of carboxylic acid groups (broad SMARTS) is 1. The predicted molar refractivity (Wildman–Crippen MR) is 93.1 cm³/mol. The zero-order chi connectivity index (χ0) is 20.9. The van der Waals surface area contributed by atoms with Crippen LogP contribution in [0, 0.1) is 12.7 Å². The molecular weight excluding hydrogens is 380 g/mol. The molecule has 0 unspecified atom stereocenters. The molecule has 0 spiro atoms. The van der Waals surface area contributed by atoms with E-state index in [1.165, 1.54) is 12.1 Å². The summed E-state index contributed by atoms with van der Waals surface area (Å²) >= 11 is 0. The van der Waals surface area contributed by atoms with Crippen LogP contribution < -0.4 is 5.73 Å². The Balaban J connectivity index is 0.000000345. The number of hydrogen-bond acceptors (Lipinski definition) is 4. The van der Waals surface area contributed by atoms with Crippen LogP contribution in [-0.4, -0.2) is 32.0 Å². The van der Waals surface area contributed by atoms with E-state index in [0.717, 1.165) is 28.1 Å². The maximum atomic E-state index is 13.6. The molecule has 6 nitrogen and oxygen atoms in total. The monoisotopic (exact) mass is 396 g/mol. The van der Waals surface area contributed by atoms with Gasteiger partial charge in [-0.2, -0.15) is 18.3 Å². The van der Waals surface area contributed by atoms with Gasteiger partial charge in [0.05, 0.1) is 11.9 Å². The van der Waals surface area contributed by atoms with E-state index in [9.17, 15) is 17.6 Å². The lowest BCUT2D eigenvalue weighted by molar-refractivity contribution is -0.192. The second-order valence-electron chi connectivity index (χ2n) is 5.68. The van der Waals surface area contributed by atoms with Gasteiger partial charge in [-0.15, -0.1) is 0 Å². The van der Waals surface area contributed by atoms with E-state index in [1.807, 2.05) is 31.3 Å². The molecule has 3 aromatic rings. The molecule has 1 aromatic carbocycles. The van der Waals surface area contributed by atoms with Gasteiger partial charge in [0.25, 0.3) is 0 Å². The van der Waals surface area contributed by atoms with Crippen LogP contribution in [0.1, 0.15) is 11.3 Å². The summed E-state index contributed by atoms with van der Waals surface area (Å²) in [5.41, 5.74) is 9.80. The summed E-state index contributed by atoms with van der Waals surface area (Å²) in [6.07, 6.45) is 0.232. The molecule has 10 heteroatoms. The third-order valence-electron chi connectivity index (χ3n) is 3.50. The summed E-state index contributed by atoms with van der Waals surface area (Å²) in [6, 6.07) is 8.62. The van der Waals surface area contributed by atoms with Crippen LogP contribution in [0.4, 0.5) is 17.6 Å². The van der Waals surface area contributed by atoms with E-state index >= 15 is 0 Å². The number of carboxylic acids is 1. The number of nitrogens with zero attached hydrogens (tertiary/aromatic N) is 3. The minimum absolute atomic E-state index is 0.291. The minimum Gasteiger partial charge on any atom is -0.475 e. The molecule has 3 rings (SSSR count). The fraction of sp³-hybridized carbons (Fsp3) is 0.167. The van der Waals surface area contributed by atoms with Crippen LogP contribution in [0.25, 0.3) is 16.8 Å². The van der Waals surface area contributed by atoms with Crippen molar-refractivity contribution < 1.29 is 27.5 Å². The molecule has 0 atom stereocenters. The molecule has 0 saturated heterocycles. The Morgan fingerprint density at radius 3 is 2.46 bits per heavy atom. The highest BCUT2D eigenvalue weighted by atomic mass is 19.4. The van der Waals surface area contributed by atoms with Crippen molar-refractivity contribution in [3.05, 3.63) is 66.0 Å². The third-order valence-corrected chi connectivity index (χ3v) is 3.50. The Morgan fingerprint density at radius 1 is 1.21 bits per heavy atom. The van der Waals surface area contributed by atoms with Crippen LogP contribution in [0.15, 0.2) is 48.9 Å². The van der Waals surface area contributed by atoms with Crippen LogP contribution in [0.2, 0.25) is 0 Å². The van der Waals surface area contributed by atoms with Crippen LogP contribution in [0.5, 0.6) is 0 Å². The Bertz CT molecular complexity index is 970. The van der Waals surface area contributed by atoms with Crippen molar-refractivity contribution in [3.63, 3.8) is 0 Å². The summed E-state index contributed by atoms with van der Waals surface area (Å²) in [5.74, 6) is -3.05. The highest BCUT2D eigenvalue weighted by Gasteiger charge is 2.38. The van der Waals surface area contributed by atoms with E-state index in [4.69, 9.17) is 15.6 Å². The lowest BCUT2D eigenvalue weighted by atomic mass is 10.1. The highest BCUT2D eigenvalue weighted by Crippen LogP contribution is 2.22. The molecule has 3 N–H and O–H groups in total. The van der Waals surface area contributed by atoms with Crippen molar-refractivity contribution in [2.24, 2.45) is 5.73 Å². The van der Waals surface area contributed by atoms with Crippen LogP contribution in [0.3, 0.4) is 0 Å². The summed E-state index contributed by atoms with van der Waals surface area (Å²) in [5, 5.41) is 11.4. The Kier molecular flexibility index (Phi) is 6.47. The summed E-state index contributed by atoms with van der Waals surface area (Å²) in [4.78, 5) is 13.1. The van der Waals surface area contributed by atoms with Crippen molar-refractivity contribution in [2.45, 2.75) is 19.6 Å². The van der Waals surface area contributed by atoms with E-state index in [0.29, 0.717) is 6.54 Å². The first kappa shape index (κ1) is 21.0. The molecule has 0 aliphatic carbocycles. The molecule has 2 aromatic heterocycles. The largest absolute Gasteiger partial charge is 0.490 e. The Morgan fingerprint density at radius 2 is 1.89 bits per heavy atom. The summed E-state index contributed by atoms with van der Waals surface area (Å²) in [7, 11) is 0. The first-order valence-electron chi connectivity index (χ1n) is 7.88. The van der Waals surface area contributed by atoms with Gasteiger partial charge >= 0.3 is 12.1 Å². The molecule has 0 radical (unpaired) electrons. The minimum atomic E-state index is -5.08. The Labute approximate surface area is 157 Å². The second-order valence-corrected chi connectivity index (χ2v) is 5.68. The highest BCUT2D eigenvalue weighted by molar-refractivity contribution is 5.73. The van der Waals surface area contributed by atoms with Gasteiger partial charge in [-0.25, -0.2) is 13.9 Å². The van der Waals surface area contributed by atoms with Crippen molar-refractivity contribution in [2.75, 3.05) is 0 Å². The van der Waals surface area contributed by atoms with Gasteiger partial charge in [0.2, 0.25) is 0 Å². The number of rotatable bonds is 3. The Hall–Kier alpha value is -3.27. The number of alkyl halides is 3. The maximum Gasteiger partial charge on any atom is 0.490 e. The predicted octanol–water partition coefficient (Wildman–Crippen LogP) is 3.47. The van der Waals surface area contributed by atoms with E-state index in [-0.39, 0.29) is 5.82 Å². The van der Waals surface area contributed by atoms with Gasteiger partial charge in [-0.1, -0.05) is 0 Å². The molecule has 28 heavy (non-hydrogen) atoms. The number of aromatic nitrogens is 3. The van der Waals surface area contributed by atoms with Gasteiger partial charge in [0, 0.05) is 30.2 Å². The maximum absolute atomic E-state index is 13.6. The van der Waals surface area contributed by atoms with E-state index < -0.39 is 12.1 Å². The summed E-state index contributed by atoms with van der Waals surface area (Å²) in [6.45, 7) is 2.23. The molecule has 0 amide bonds. The standard InChI is InChI=1S/C16H15FN4.C2HF3O2/c1-11-4-16(2-3-19-11)21-10-14(9-20-21)13-5-12(8-18)6-15(17)7-13;3-2(4,5)1(6)7/h2-7,9-10H,8,18H2,1H3;(H,6,7). The van der Waals surface area contributed by atoms with Gasteiger partial charge < -0.3 is 10.8 Å². The van der Waals surface area contributed by atoms with Crippen molar-refractivity contribution >= 4 is 5.97 Å². The van der Waals surface area contributed by atoms with Crippen LogP contribution in [-0.2, 0) is 11.3 Å². The van der Waals surface area contributed by atoms with Crippen molar-refractivity contribution in [1.29, 1.82) is 0 Å². The zero-order valence-electron chi connectivity index (χ0n) is 14.6. The molecule has 0 aliphatic heterocycles. The molecule has 0 bridgehead atoms. The topological polar surface area (TPSA) is 94.0 Å². The number of hydrogen-bond donors (Lipinski definition) is 2. The second kappa shape index (κ2) is 8.61. The normalized spacial score (nSPS) is 10.9. The number of nitrogens with two attached hydrogens (primary N) is 1. The fourth-order valence-electron chi connectivity index (χ4n) is 2.22. The molecule has 2 heterocycles. The van der Waals surface area contributed by atoms with E-state index in [1.54, 1.807) is 17.1 Å². The number of aliphatic carboxylic acids is 1. The van der Waals surface area contributed by atoms with Gasteiger partial charge in [0.1, 0.15) is 5.82 Å². The average molecular weight is 396 g/mol. The van der Waals surface area contributed by atoms with Gasteiger partial charge in [-0.05, 0) is 48.4 Å². The summed E-state index contributed by atoms with van der Waals surface area (Å²) < 4.78 is 47.1. The fourth-order valence-corrected chi connectivity index (χ4v) is 2.22. The number of aryl methyl sites for hydroxylation is 1. The third kappa shape index (κ3) is 5.61. The van der Waals surface area contributed by atoms with Crippen molar-refractivity contribution in [3.8, 4) is 16.8 Å². The lowest BCUT2D eigenvalue weighted by Gasteiger charge is -2.03. The smallest absolute Gasteiger partial charge is 0.475 e. The van der Waals surface area contributed by atoms with Crippen LogP contribution >= 0.6 is 0 Å². The number of benzene rings is 1. The van der Waals surface area contributed by atoms with E-state index in [2.05, 4.69) is 10.1 Å². The molecular formula is C18H16F4N4O2.